The molecular formula is C13H8Cl3IN2O. The first-order valence-corrected chi connectivity index (χ1v) is 7.69. The maximum absolute atomic E-state index is 12.2. The minimum atomic E-state index is -0.326. The molecule has 1 amide bonds. The minimum Gasteiger partial charge on any atom is -0.305 e. The van der Waals surface area contributed by atoms with Crippen molar-refractivity contribution in [2.24, 2.45) is 0 Å². The number of benzene rings is 1. The van der Waals surface area contributed by atoms with Gasteiger partial charge in [0.2, 0.25) is 0 Å². The van der Waals surface area contributed by atoms with Crippen LogP contribution in [0, 0.1) is 10.5 Å². The molecule has 3 nitrogen and oxygen atoms in total. The molecular weight excluding hydrogens is 433 g/mol. The van der Waals surface area contributed by atoms with Gasteiger partial charge in [-0.2, -0.15) is 0 Å². The van der Waals surface area contributed by atoms with E-state index in [0.717, 1.165) is 3.57 Å². The Hall–Kier alpha value is -0.560. The topological polar surface area (TPSA) is 42.0 Å². The summed E-state index contributed by atoms with van der Waals surface area (Å²) in [7, 11) is 0. The fourth-order valence-electron chi connectivity index (χ4n) is 1.49. The number of rotatable bonds is 2. The molecule has 2 rings (SSSR count). The van der Waals surface area contributed by atoms with E-state index in [4.69, 9.17) is 34.8 Å². The summed E-state index contributed by atoms with van der Waals surface area (Å²) in [6.07, 6.45) is 0. The summed E-state index contributed by atoms with van der Waals surface area (Å²) in [6, 6.07) is 6.62. The quantitative estimate of drug-likeness (QED) is 0.651. The standard InChI is InChI=1S/C13H8Cl3IN2O/c1-6-9(15)5-10(16)12(18-6)19-13(20)8-4-7(14)2-3-11(8)17/h2-5H,1H3,(H,18,19,20). The van der Waals surface area contributed by atoms with Crippen molar-refractivity contribution in [3.63, 3.8) is 0 Å². The molecule has 0 atom stereocenters. The molecule has 2 aromatic rings. The second-order valence-corrected chi connectivity index (χ2v) is 6.38. The van der Waals surface area contributed by atoms with E-state index < -0.39 is 0 Å². The average Bonchev–Trinajstić information content (AvgIpc) is 2.38. The molecule has 0 aliphatic heterocycles. The molecule has 0 bridgehead atoms. The maximum atomic E-state index is 12.2. The van der Waals surface area contributed by atoms with Crippen LogP contribution < -0.4 is 5.32 Å². The molecule has 7 heteroatoms. The number of pyridine rings is 1. The zero-order valence-corrected chi connectivity index (χ0v) is 14.6. The predicted molar refractivity (Wildman–Crippen MR) is 91.1 cm³/mol. The Balaban J connectivity index is 2.32. The van der Waals surface area contributed by atoms with Gasteiger partial charge < -0.3 is 5.32 Å². The Kier molecular flexibility index (Phi) is 5.12. The van der Waals surface area contributed by atoms with Gasteiger partial charge in [0.1, 0.15) is 0 Å². The first kappa shape index (κ1) is 15.8. The van der Waals surface area contributed by atoms with Crippen molar-refractivity contribution in [1.29, 1.82) is 0 Å². The van der Waals surface area contributed by atoms with Gasteiger partial charge in [-0.3, -0.25) is 4.79 Å². The summed E-state index contributed by atoms with van der Waals surface area (Å²) in [5.41, 5.74) is 1.05. The first-order valence-electron chi connectivity index (χ1n) is 5.47. The highest BCUT2D eigenvalue weighted by Crippen LogP contribution is 2.26. The van der Waals surface area contributed by atoms with Crippen molar-refractivity contribution in [1.82, 2.24) is 4.98 Å². The number of nitrogens with one attached hydrogen (secondary N) is 1. The number of aryl methyl sites for hydroxylation is 1. The minimum absolute atomic E-state index is 0.273. The number of aromatic nitrogens is 1. The van der Waals surface area contributed by atoms with E-state index in [2.05, 4.69) is 32.9 Å². The summed E-state index contributed by atoms with van der Waals surface area (Å²) in [6.45, 7) is 1.73. The van der Waals surface area contributed by atoms with E-state index in [9.17, 15) is 4.79 Å². The van der Waals surface area contributed by atoms with Crippen molar-refractivity contribution >= 4 is 69.1 Å². The van der Waals surface area contributed by atoms with E-state index in [1.165, 1.54) is 0 Å². The number of nitrogens with zero attached hydrogens (tertiary/aromatic N) is 1. The van der Waals surface area contributed by atoms with Gasteiger partial charge >= 0.3 is 0 Å². The molecule has 0 radical (unpaired) electrons. The number of carbonyl (C=O) groups is 1. The normalized spacial score (nSPS) is 10.4. The number of hydrogen-bond donors (Lipinski definition) is 1. The highest BCUT2D eigenvalue weighted by molar-refractivity contribution is 14.1. The van der Waals surface area contributed by atoms with Crippen LogP contribution >= 0.6 is 57.4 Å². The van der Waals surface area contributed by atoms with Gasteiger partial charge in [0.15, 0.2) is 5.82 Å². The summed E-state index contributed by atoms with van der Waals surface area (Å²) in [4.78, 5) is 16.4. The van der Waals surface area contributed by atoms with Crippen LogP contribution in [0.5, 0.6) is 0 Å². The van der Waals surface area contributed by atoms with Crippen molar-refractivity contribution in [2.45, 2.75) is 6.92 Å². The Bertz CT molecular complexity index is 692. The molecule has 0 aliphatic rings. The van der Waals surface area contributed by atoms with E-state index in [-0.39, 0.29) is 16.7 Å². The first-order chi connectivity index (χ1) is 9.38. The molecule has 0 aliphatic carbocycles. The van der Waals surface area contributed by atoms with Crippen molar-refractivity contribution in [2.75, 3.05) is 5.32 Å². The second kappa shape index (κ2) is 6.47. The SMILES string of the molecule is Cc1nc(NC(=O)c2cc(Cl)ccc2I)c(Cl)cc1Cl. The molecule has 1 N–H and O–H groups in total. The fraction of sp³-hybridized carbons (Fsp3) is 0.0769. The van der Waals surface area contributed by atoms with E-state index in [1.807, 2.05) is 0 Å². The maximum Gasteiger partial charge on any atom is 0.257 e. The highest BCUT2D eigenvalue weighted by Gasteiger charge is 2.14. The molecule has 20 heavy (non-hydrogen) atoms. The van der Waals surface area contributed by atoms with Gasteiger partial charge in [0.25, 0.3) is 5.91 Å². The van der Waals surface area contributed by atoms with Gasteiger partial charge in [0, 0.05) is 8.59 Å². The number of hydrogen-bond acceptors (Lipinski definition) is 2. The van der Waals surface area contributed by atoms with Crippen LogP contribution in [0.15, 0.2) is 24.3 Å². The molecule has 0 fully saturated rings. The average molecular weight is 441 g/mol. The fourth-order valence-corrected chi connectivity index (χ4v) is 2.65. The van der Waals surface area contributed by atoms with Crippen LogP contribution in [0.25, 0.3) is 0 Å². The lowest BCUT2D eigenvalue weighted by Gasteiger charge is -2.09. The number of anilines is 1. The van der Waals surface area contributed by atoms with Crippen LogP contribution in [-0.4, -0.2) is 10.9 Å². The lowest BCUT2D eigenvalue weighted by atomic mass is 10.2. The van der Waals surface area contributed by atoms with E-state index in [0.29, 0.717) is 21.3 Å². The largest absolute Gasteiger partial charge is 0.305 e. The van der Waals surface area contributed by atoms with Crippen molar-refractivity contribution < 1.29 is 4.79 Å². The van der Waals surface area contributed by atoms with Gasteiger partial charge in [-0.05, 0) is 53.8 Å². The Morgan fingerprint density at radius 1 is 1.20 bits per heavy atom. The van der Waals surface area contributed by atoms with Gasteiger partial charge in [0.05, 0.1) is 21.3 Å². The predicted octanol–water partition coefficient (Wildman–Crippen LogP) is 5.21. The monoisotopic (exact) mass is 440 g/mol. The lowest BCUT2D eigenvalue weighted by Crippen LogP contribution is -2.15. The van der Waals surface area contributed by atoms with Gasteiger partial charge in [-0.1, -0.05) is 34.8 Å². The number of amides is 1. The third kappa shape index (κ3) is 3.55. The molecule has 104 valence electrons. The molecule has 1 aromatic carbocycles. The smallest absolute Gasteiger partial charge is 0.257 e. The van der Waals surface area contributed by atoms with Crippen LogP contribution in [0.4, 0.5) is 5.82 Å². The molecule has 0 unspecified atom stereocenters. The Morgan fingerprint density at radius 3 is 2.60 bits per heavy atom. The Morgan fingerprint density at radius 2 is 1.90 bits per heavy atom. The number of halogens is 4. The van der Waals surface area contributed by atoms with Crippen molar-refractivity contribution in [3.05, 3.63) is 54.2 Å². The molecule has 1 heterocycles. The van der Waals surface area contributed by atoms with Crippen molar-refractivity contribution in [3.8, 4) is 0 Å². The highest BCUT2D eigenvalue weighted by atomic mass is 127. The molecule has 0 saturated heterocycles. The van der Waals surface area contributed by atoms with Crippen LogP contribution in [0.3, 0.4) is 0 Å². The third-order valence-electron chi connectivity index (χ3n) is 2.51. The summed E-state index contributed by atoms with van der Waals surface area (Å²) in [5.74, 6) is -0.0534. The third-order valence-corrected chi connectivity index (χ3v) is 4.36. The molecule has 0 spiro atoms. The zero-order valence-electron chi connectivity index (χ0n) is 10.2. The Labute approximate surface area is 144 Å². The zero-order chi connectivity index (χ0) is 14.9. The molecule has 0 saturated carbocycles. The van der Waals surface area contributed by atoms with Crippen LogP contribution in [-0.2, 0) is 0 Å². The van der Waals surface area contributed by atoms with Crippen LogP contribution in [0.1, 0.15) is 16.1 Å². The summed E-state index contributed by atoms with van der Waals surface area (Å²) >= 11 is 19.9. The summed E-state index contributed by atoms with van der Waals surface area (Å²) < 4.78 is 0.784. The van der Waals surface area contributed by atoms with E-state index in [1.54, 1.807) is 31.2 Å². The molecule has 1 aromatic heterocycles. The number of carbonyl (C=O) groups excluding carboxylic acids is 1. The van der Waals surface area contributed by atoms with Gasteiger partial charge in [-0.25, -0.2) is 4.98 Å². The summed E-state index contributed by atoms with van der Waals surface area (Å²) in [5, 5.41) is 3.88. The second-order valence-electron chi connectivity index (χ2n) is 3.96. The lowest BCUT2D eigenvalue weighted by molar-refractivity contribution is 0.102. The van der Waals surface area contributed by atoms with Crippen LogP contribution in [0.2, 0.25) is 15.1 Å². The van der Waals surface area contributed by atoms with E-state index >= 15 is 0 Å². The van der Waals surface area contributed by atoms with Gasteiger partial charge in [-0.15, -0.1) is 0 Å².